The van der Waals surface area contributed by atoms with Crippen LogP contribution >= 0.6 is 17.1 Å². The van der Waals surface area contributed by atoms with Crippen molar-refractivity contribution in [1.29, 1.82) is 0 Å². The van der Waals surface area contributed by atoms with Crippen molar-refractivity contribution in [2.45, 2.75) is 147 Å². The van der Waals surface area contributed by atoms with Crippen molar-refractivity contribution >= 4 is 28.9 Å². The van der Waals surface area contributed by atoms with Gasteiger partial charge in [-0.2, -0.15) is 5.69 Å². The first-order valence-electron chi connectivity index (χ1n) is 13.8. The van der Waals surface area contributed by atoms with Crippen molar-refractivity contribution in [2.75, 3.05) is 0 Å². The fraction of sp³-hybridized carbons (Fsp3) is 0.786. The van der Waals surface area contributed by atoms with E-state index in [1.54, 1.807) is 0 Å². The molecule has 0 atom stereocenters. The molecule has 0 N–H and O–H groups in total. The van der Waals surface area contributed by atoms with E-state index in [-0.39, 0.29) is 19.5 Å². The third-order valence-electron chi connectivity index (χ3n) is 6.48. The Labute approximate surface area is 233 Å². The molecule has 0 heterocycles. The van der Waals surface area contributed by atoms with Gasteiger partial charge in [0.25, 0.3) is 0 Å². The molecule has 6 heteroatoms. The molecular formula is C28H49O2PS2Zn. The van der Waals surface area contributed by atoms with E-state index >= 15 is 0 Å². The minimum absolute atomic E-state index is 0. The van der Waals surface area contributed by atoms with Gasteiger partial charge < -0.3 is 9.79 Å². The molecule has 192 valence electrons. The molecule has 0 aromatic heterocycles. The Kier molecular flexibility index (Phi) is 23.4. The molecule has 0 saturated carbocycles. The molecule has 1 aromatic carbocycles. The number of hydrogen-bond acceptors (Lipinski definition) is 4. The van der Waals surface area contributed by atoms with Crippen molar-refractivity contribution in [3.8, 4) is 0 Å². The quantitative estimate of drug-likeness (QED) is 0.0784. The van der Waals surface area contributed by atoms with Gasteiger partial charge in [0.15, 0.2) is 0 Å². The third kappa shape index (κ3) is 19.0. The first kappa shape index (κ1) is 34.8. The van der Waals surface area contributed by atoms with E-state index < -0.39 is 5.69 Å². The molecule has 1 aromatic rings. The van der Waals surface area contributed by atoms with Crippen LogP contribution in [-0.4, -0.2) is 0 Å². The zero-order valence-corrected chi connectivity index (χ0v) is 27.7. The average molecular weight is 578 g/mol. The SMILES string of the molecule is CCCCCCCCCCCc1cccc(CCCCCCCCCCC)c1SP([O-])([O-])=S.[Zn+2]. The van der Waals surface area contributed by atoms with Crippen LogP contribution in [0, 0.1) is 0 Å². The maximum absolute atomic E-state index is 12.0. The second-order valence-electron chi connectivity index (χ2n) is 9.60. The molecule has 0 radical (unpaired) electrons. The summed E-state index contributed by atoms with van der Waals surface area (Å²) < 4.78 is 0. The second kappa shape index (κ2) is 22.9. The topological polar surface area (TPSA) is 46.1 Å². The fourth-order valence-electron chi connectivity index (χ4n) is 4.51. The summed E-state index contributed by atoms with van der Waals surface area (Å²) in [5.74, 6) is 0. The number of rotatable bonds is 22. The van der Waals surface area contributed by atoms with E-state index in [1.165, 1.54) is 114 Å². The summed E-state index contributed by atoms with van der Waals surface area (Å²) in [6.07, 6.45) is 25.4. The normalized spacial score (nSPS) is 11.5. The van der Waals surface area contributed by atoms with Gasteiger partial charge in [0.05, 0.1) is 0 Å². The van der Waals surface area contributed by atoms with Crippen LogP contribution in [0.15, 0.2) is 23.1 Å². The first-order chi connectivity index (χ1) is 16.0. The van der Waals surface area contributed by atoms with Gasteiger partial charge >= 0.3 is 19.5 Å². The minimum atomic E-state index is -3.82. The van der Waals surface area contributed by atoms with Crippen molar-refractivity contribution in [2.24, 2.45) is 0 Å². The monoisotopic (exact) mass is 576 g/mol. The summed E-state index contributed by atoms with van der Waals surface area (Å²) in [5.41, 5.74) is -1.46. The number of unbranched alkanes of at least 4 members (excludes halogenated alkanes) is 16. The van der Waals surface area contributed by atoms with E-state index in [2.05, 4.69) is 32.0 Å². The second-order valence-corrected chi connectivity index (χ2v) is 15.2. The average Bonchev–Trinajstić information content (AvgIpc) is 2.77. The molecule has 0 fully saturated rings. The standard InChI is InChI=1S/C28H51O2PS2.Zn/c1-3-5-7-9-11-13-15-17-19-22-26-24-21-25-27(28(26)33-31(29,30)32)23-20-18-16-14-12-10-8-6-4-2;/h21,24-25H,3-20,22-23H2,1-2H3,(H2,29,30,32);/q;+2/p-2. The van der Waals surface area contributed by atoms with Crippen LogP contribution < -0.4 is 9.79 Å². The van der Waals surface area contributed by atoms with Crippen LogP contribution in [0.2, 0.25) is 0 Å². The molecular weight excluding hydrogens is 529 g/mol. The molecule has 0 aliphatic rings. The number of benzene rings is 1. The largest absolute Gasteiger partial charge is 2.00 e. The van der Waals surface area contributed by atoms with Crippen molar-refractivity contribution < 1.29 is 29.3 Å². The third-order valence-corrected chi connectivity index (χ3v) is 9.30. The van der Waals surface area contributed by atoms with Crippen LogP contribution in [-0.2, 0) is 44.1 Å². The molecule has 0 aliphatic heterocycles. The Hall–Kier alpha value is 0.763. The van der Waals surface area contributed by atoms with Crippen LogP contribution in [0.3, 0.4) is 0 Å². The van der Waals surface area contributed by atoms with Gasteiger partial charge in [0.1, 0.15) is 0 Å². The van der Waals surface area contributed by atoms with Gasteiger partial charge in [-0.1, -0.05) is 135 Å². The Morgan fingerprint density at radius 1 is 0.618 bits per heavy atom. The maximum atomic E-state index is 12.0. The molecule has 34 heavy (non-hydrogen) atoms. The smallest absolute Gasteiger partial charge is 0.824 e. The molecule has 1 rings (SSSR count). The minimum Gasteiger partial charge on any atom is -0.824 e. The summed E-state index contributed by atoms with van der Waals surface area (Å²) in [6.45, 7) is 4.52. The number of hydrogen-bond donors (Lipinski definition) is 0. The van der Waals surface area contributed by atoms with Gasteiger partial charge in [-0.05, 0) is 36.8 Å². The van der Waals surface area contributed by atoms with Crippen molar-refractivity contribution in [3.63, 3.8) is 0 Å². The Morgan fingerprint density at radius 2 is 0.941 bits per heavy atom. The van der Waals surface area contributed by atoms with E-state index in [1.807, 2.05) is 0 Å². The molecule has 0 amide bonds. The van der Waals surface area contributed by atoms with E-state index in [4.69, 9.17) is 11.8 Å². The summed E-state index contributed by atoms with van der Waals surface area (Å²) in [6, 6.07) is 6.32. The van der Waals surface area contributed by atoms with Crippen LogP contribution in [0.25, 0.3) is 0 Å². The summed E-state index contributed by atoms with van der Waals surface area (Å²) in [4.78, 5) is 24.8. The molecule has 0 unspecified atom stereocenters. The van der Waals surface area contributed by atoms with Crippen LogP contribution in [0.4, 0.5) is 0 Å². The molecule has 0 bridgehead atoms. The van der Waals surface area contributed by atoms with Gasteiger partial charge in [-0.3, -0.25) is 0 Å². The maximum Gasteiger partial charge on any atom is 2.00 e. The molecule has 0 aliphatic carbocycles. The zero-order valence-electron chi connectivity index (χ0n) is 22.2. The van der Waals surface area contributed by atoms with E-state index in [0.29, 0.717) is 0 Å². The summed E-state index contributed by atoms with van der Waals surface area (Å²) >= 11 is 5.70. The van der Waals surface area contributed by atoms with Gasteiger partial charge in [-0.25, -0.2) is 0 Å². The van der Waals surface area contributed by atoms with Crippen LogP contribution in [0.5, 0.6) is 0 Å². The van der Waals surface area contributed by atoms with Gasteiger partial charge in [0, 0.05) is 4.90 Å². The predicted molar refractivity (Wildman–Crippen MR) is 148 cm³/mol. The Balaban J connectivity index is 0.0000109. The van der Waals surface area contributed by atoms with Crippen molar-refractivity contribution in [1.82, 2.24) is 0 Å². The molecule has 0 saturated heterocycles. The Bertz CT molecular complexity index is 611. The first-order valence-corrected chi connectivity index (χ1v) is 17.9. The van der Waals surface area contributed by atoms with Crippen LogP contribution in [0.1, 0.15) is 141 Å². The van der Waals surface area contributed by atoms with Gasteiger partial charge in [0.2, 0.25) is 0 Å². The number of aryl methyl sites for hydroxylation is 2. The van der Waals surface area contributed by atoms with Crippen molar-refractivity contribution in [3.05, 3.63) is 29.3 Å². The van der Waals surface area contributed by atoms with E-state index in [0.717, 1.165) is 42.0 Å². The van der Waals surface area contributed by atoms with Gasteiger partial charge in [-0.15, -0.1) is 23.2 Å². The predicted octanol–water partition coefficient (Wildman–Crippen LogP) is 8.87. The molecule has 0 spiro atoms. The Morgan fingerprint density at radius 3 is 1.26 bits per heavy atom. The molecule has 2 nitrogen and oxygen atoms in total. The summed E-state index contributed by atoms with van der Waals surface area (Å²) in [7, 11) is 0. The fourth-order valence-corrected chi connectivity index (χ4v) is 7.36. The van der Waals surface area contributed by atoms with E-state index in [9.17, 15) is 9.79 Å². The zero-order chi connectivity index (χ0) is 24.2. The summed E-state index contributed by atoms with van der Waals surface area (Å²) in [5, 5.41) is 0.